The number of aryl methyl sites for hydroxylation is 1. The van der Waals surface area contributed by atoms with Crippen molar-refractivity contribution in [2.45, 2.75) is 20.8 Å². The maximum atomic E-state index is 10.8. The summed E-state index contributed by atoms with van der Waals surface area (Å²) in [6, 6.07) is 10.1. The molecule has 0 fully saturated rings. The lowest BCUT2D eigenvalue weighted by Crippen LogP contribution is -1.98. The van der Waals surface area contributed by atoms with Gasteiger partial charge in [-0.15, -0.1) is 0 Å². The zero-order valence-electron chi connectivity index (χ0n) is 12.1. The highest BCUT2D eigenvalue weighted by Crippen LogP contribution is 2.22. The van der Waals surface area contributed by atoms with Crippen molar-refractivity contribution in [1.29, 1.82) is 0 Å². The van der Waals surface area contributed by atoms with Crippen molar-refractivity contribution < 1.29 is 4.92 Å². The molecule has 21 heavy (non-hydrogen) atoms. The maximum Gasteiger partial charge on any atom is 0.271 e. The van der Waals surface area contributed by atoms with Gasteiger partial charge in [-0.1, -0.05) is 19.9 Å². The predicted octanol–water partition coefficient (Wildman–Crippen LogP) is 3.66. The number of aromatic nitrogens is 3. The number of non-ortho nitro benzene ring substituents is 1. The Bertz CT molecular complexity index is 780. The van der Waals surface area contributed by atoms with E-state index >= 15 is 0 Å². The second-order valence-corrected chi connectivity index (χ2v) is 4.15. The van der Waals surface area contributed by atoms with Crippen LogP contribution in [0.1, 0.15) is 19.5 Å². The molecule has 0 aliphatic carbocycles. The Kier molecular flexibility index (Phi) is 4.27. The summed E-state index contributed by atoms with van der Waals surface area (Å²) in [7, 11) is 0. The van der Waals surface area contributed by atoms with Gasteiger partial charge in [-0.25, -0.2) is 4.68 Å². The number of nitro benzene ring substituents is 1. The van der Waals surface area contributed by atoms with E-state index in [1.807, 2.05) is 32.9 Å². The van der Waals surface area contributed by atoms with Crippen molar-refractivity contribution in [3.8, 4) is 5.69 Å². The molecule has 0 saturated carbocycles. The minimum atomic E-state index is -0.416. The molecule has 0 bridgehead atoms. The first-order valence-corrected chi connectivity index (χ1v) is 6.72. The van der Waals surface area contributed by atoms with Crippen molar-refractivity contribution in [2.75, 3.05) is 0 Å². The normalized spacial score (nSPS) is 10.0. The Morgan fingerprint density at radius 3 is 2.67 bits per heavy atom. The van der Waals surface area contributed by atoms with E-state index in [2.05, 4.69) is 10.1 Å². The third-order valence-electron chi connectivity index (χ3n) is 2.89. The van der Waals surface area contributed by atoms with E-state index < -0.39 is 4.92 Å². The molecule has 3 aromatic rings. The smallest absolute Gasteiger partial charge is 0.258 e. The fourth-order valence-electron chi connectivity index (χ4n) is 2.03. The van der Waals surface area contributed by atoms with Gasteiger partial charge in [0.05, 0.1) is 21.8 Å². The van der Waals surface area contributed by atoms with E-state index in [1.54, 1.807) is 23.0 Å². The first kappa shape index (κ1) is 14.6. The van der Waals surface area contributed by atoms with Crippen molar-refractivity contribution >= 4 is 16.7 Å². The number of pyridine rings is 1. The van der Waals surface area contributed by atoms with E-state index in [-0.39, 0.29) is 5.69 Å². The molecular formula is C15H16N4O2. The van der Waals surface area contributed by atoms with Crippen LogP contribution in [0.5, 0.6) is 0 Å². The lowest BCUT2D eigenvalue weighted by atomic mass is 10.2. The molecule has 3 rings (SSSR count). The van der Waals surface area contributed by atoms with Crippen molar-refractivity contribution in [3.63, 3.8) is 0 Å². The second-order valence-electron chi connectivity index (χ2n) is 4.15. The van der Waals surface area contributed by atoms with Gasteiger partial charge in [0.25, 0.3) is 5.69 Å². The average Bonchev–Trinajstić information content (AvgIpc) is 2.87. The predicted molar refractivity (Wildman–Crippen MR) is 81.6 cm³/mol. The molecular weight excluding hydrogens is 268 g/mol. The third kappa shape index (κ3) is 2.74. The summed E-state index contributed by atoms with van der Waals surface area (Å²) < 4.78 is 1.67. The van der Waals surface area contributed by atoms with Gasteiger partial charge in [0.1, 0.15) is 5.52 Å². The van der Waals surface area contributed by atoms with Gasteiger partial charge < -0.3 is 0 Å². The second kappa shape index (κ2) is 6.13. The van der Waals surface area contributed by atoms with Crippen LogP contribution in [0.25, 0.3) is 16.7 Å². The highest BCUT2D eigenvalue weighted by Gasteiger charge is 2.12. The summed E-state index contributed by atoms with van der Waals surface area (Å²) in [5.41, 5.74) is 3.12. The largest absolute Gasteiger partial charge is 0.271 e. The molecule has 0 saturated heterocycles. The zero-order chi connectivity index (χ0) is 15.4. The highest BCUT2D eigenvalue weighted by atomic mass is 16.6. The summed E-state index contributed by atoms with van der Waals surface area (Å²) in [5, 5.41) is 15.2. The van der Waals surface area contributed by atoms with Crippen molar-refractivity contribution in [3.05, 3.63) is 58.4 Å². The average molecular weight is 284 g/mol. The number of benzene rings is 1. The number of hydrogen-bond acceptors (Lipinski definition) is 4. The van der Waals surface area contributed by atoms with Gasteiger partial charge in [-0.3, -0.25) is 15.1 Å². The van der Waals surface area contributed by atoms with Crippen LogP contribution in [0.4, 0.5) is 5.69 Å². The minimum absolute atomic E-state index is 0.0442. The molecule has 0 N–H and O–H groups in total. The molecule has 6 nitrogen and oxygen atoms in total. The van der Waals surface area contributed by atoms with Gasteiger partial charge in [-0.05, 0) is 25.1 Å². The highest BCUT2D eigenvalue weighted by molar-refractivity contribution is 5.79. The molecule has 0 spiro atoms. The molecule has 0 aliphatic heterocycles. The molecule has 0 unspecified atom stereocenters. The van der Waals surface area contributed by atoms with Crippen LogP contribution in [0.2, 0.25) is 0 Å². The number of rotatable bonds is 2. The number of hydrogen-bond donors (Lipinski definition) is 0. The van der Waals surface area contributed by atoms with Crippen LogP contribution < -0.4 is 0 Å². The van der Waals surface area contributed by atoms with E-state index in [4.69, 9.17) is 0 Å². The van der Waals surface area contributed by atoms with Crippen LogP contribution in [0.3, 0.4) is 0 Å². The van der Waals surface area contributed by atoms with Crippen LogP contribution in [-0.2, 0) is 0 Å². The summed E-state index contributed by atoms with van der Waals surface area (Å²) in [6.45, 7) is 5.86. The Balaban J connectivity index is 0.000000774. The standard InChI is InChI=1S/C13H10N4O2.C2H6/c1-9-13-12(6-3-7-14-13)16(15-9)10-4-2-5-11(8-10)17(18)19;1-2/h2-8H,1H3;1-2H3. The molecule has 2 aromatic heterocycles. The summed E-state index contributed by atoms with van der Waals surface area (Å²) in [5.74, 6) is 0. The Hall–Kier alpha value is -2.76. The summed E-state index contributed by atoms with van der Waals surface area (Å²) in [4.78, 5) is 14.7. The maximum absolute atomic E-state index is 10.8. The summed E-state index contributed by atoms with van der Waals surface area (Å²) >= 11 is 0. The van der Waals surface area contributed by atoms with E-state index in [0.717, 1.165) is 16.7 Å². The molecule has 108 valence electrons. The number of nitro groups is 1. The van der Waals surface area contributed by atoms with Gasteiger partial charge in [0.2, 0.25) is 0 Å². The molecule has 1 aromatic carbocycles. The molecule has 0 amide bonds. The first-order chi connectivity index (χ1) is 10.2. The Morgan fingerprint density at radius 2 is 1.95 bits per heavy atom. The fourth-order valence-corrected chi connectivity index (χ4v) is 2.03. The Morgan fingerprint density at radius 1 is 1.19 bits per heavy atom. The summed E-state index contributed by atoms with van der Waals surface area (Å²) in [6.07, 6.45) is 1.70. The molecule has 0 atom stereocenters. The van der Waals surface area contributed by atoms with Crippen LogP contribution in [-0.4, -0.2) is 19.7 Å². The zero-order valence-corrected chi connectivity index (χ0v) is 12.1. The topological polar surface area (TPSA) is 73.8 Å². The quantitative estimate of drug-likeness (QED) is 0.531. The number of nitrogens with zero attached hydrogens (tertiary/aromatic N) is 4. The Labute approximate surface area is 122 Å². The van der Waals surface area contributed by atoms with Gasteiger partial charge in [-0.2, -0.15) is 5.10 Å². The van der Waals surface area contributed by atoms with Crippen LogP contribution in [0, 0.1) is 17.0 Å². The van der Waals surface area contributed by atoms with E-state index in [0.29, 0.717) is 5.69 Å². The number of fused-ring (bicyclic) bond motifs is 1. The minimum Gasteiger partial charge on any atom is -0.258 e. The third-order valence-corrected chi connectivity index (χ3v) is 2.89. The van der Waals surface area contributed by atoms with Gasteiger partial charge >= 0.3 is 0 Å². The van der Waals surface area contributed by atoms with Crippen molar-refractivity contribution in [2.24, 2.45) is 0 Å². The van der Waals surface area contributed by atoms with Gasteiger partial charge in [0.15, 0.2) is 0 Å². The molecule has 0 aliphatic rings. The SMILES string of the molecule is CC.Cc1nn(-c2cccc([N+](=O)[O-])c2)c2cccnc12. The van der Waals surface area contributed by atoms with Crippen LogP contribution in [0.15, 0.2) is 42.6 Å². The monoisotopic (exact) mass is 284 g/mol. The van der Waals surface area contributed by atoms with Crippen molar-refractivity contribution in [1.82, 2.24) is 14.8 Å². The lowest BCUT2D eigenvalue weighted by molar-refractivity contribution is -0.384. The molecule has 2 heterocycles. The lowest BCUT2D eigenvalue weighted by Gasteiger charge is -2.02. The first-order valence-electron chi connectivity index (χ1n) is 6.72. The van der Waals surface area contributed by atoms with Gasteiger partial charge in [0, 0.05) is 18.3 Å². The molecule has 0 radical (unpaired) electrons. The van der Waals surface area contributed by atoms with Crippen LogP contribution >= 0.6 is 0 Å². The molecule has 6 heteroatoms. The fraction of sp³-hybridized carbons (Fsp3) is 0.200. The van der Waals surface area contributed by atoms with E-state index in [9.17, 15) is 10.1 Å². The van der Waals surface area contributed by atoms with E-state index in [1.165, 1.54) is 12.1 Å².